The van der Waals surface area contributed by atoms with Crippen LogP contribution in [0.3, 0.4) is 0 Å². The average molecular weight is 277 g/mol. The van der Waals surface area contributed by atoms with Crippen LogP contribution in [-0.4, -0.2) is 10.2 Å². The summed E-state index contributed by atoms with van der Waals surface area (Å²) in [7, 11) is 0. The van der Waals surface area contributed by atoms with Crippen molar-refractivity contribution in [1.29, 1.82) is 0 Å². The van der Waals surface area contributed by atoms with Gasteiger partial charge in [-0.25, -0.2) is 13.2 Å². The number of nitrogens with zero attached hydrogens (tertiary/aromatic N) is 1. The Hall–Kier alpha value is -2.50. The van der Waals surface area contributed by atoms with Crippen molar-refractivity contribution < 1.29 is 13.2 Å². The molecule has 2 N–H and O–H groups in total. The Morgan fingerprint density at radius 2 is 1.80 bits per heavy atom. The number of aromatic amines is 1. The third-order valence-electron chi connectivity index (χ3n) is 2.98. The summed E-state index contributed by atoms with van der Waals surface area (Å²) < 4.78 is 39.0. The first-order chi connectivity index (χ1) is 9.63. The van der Waals surface area contributed by atoms with E-state index in [0.717, 1.165) is 28.7 Å². The molecule has 0 aliphatic carbocycles. The van der Waals surface area contributed by atoms with E-state index in [-0.39, 0.29) is 6.54 Å². The summed E-state index contributed by atoms with van der Waals surface area (Å²) in [4.78, 5) is 0. The average Bonchev–Trinajstić information content (AvgIpc) is 2.89. The quantitative estimate of drug-likeness (QED) is 0.718. The van der Waals surface area contributed by atoms with E-state index in [4.69, 9.17) is 0 Å². The molecule has 0 radical (unpaired) electrons. The lowest BCUT2D eigenvalue weighted by Gasteiger charge is -2.07. The first kappa shape index (κ1) is 12.5. The van der Waals surface area contributed by atoms with Gasteiger partial charge in [0.05, 0.1) is 11.7 Å². The van der Waals surface area contributed by atoms with Gasteiger partial charge in [-0.05, 0) is 35.9 Å². The molecule has 0 aliphatic heterocycles. The number of nitrogens with one attached hydrogen (secondary N) is 2. The van der Waals surface area contributed by atoms with Crippen LogP contribution in [0.5, 0.6) is 0 Å². The highest BCUT2D eigenvalue weighted by molar-refractivity contribution is 5.81. The van der Waals surface area contributed by atoms with Crippen LogP contribution in [-0.2, 0) is 6.54 Å². The Bertz CT molecular complexity index is 744. The van der Waals surface area contributed by atoms with Crippen LogP contribution in [0.4, 0.5) is 18.9 Å². The monoisotopic (exact) mass is 277 g/mol. The maximum atomic E-state index is 13.1. The van der Waals surface area contributed by atoms with E-state index in [1.807, 2.05) is 18.2 Å². The van der Waals surface area contributed by atoms with Gasteiger partial charge in [-0.15, -0.1) is 0 Å². The molecule has 3 rings (SSSR count). The third kappa shape index (κ3) is 2.32. The number of aromatic nitrogens is 2. The highest BCUT2D eigenvalue weighted by Gasteiger charge is 2.10. The van der Waals surface area contributed by atoms with Gasteiger partial charge in [0.25, 0.3) is 0 Å². The van der Waals surface area contributed by atoms with Gasteiger partial charge in [0, 0.05) is 17.6 Å². The van der Waals surface area contributed by atoms with Crippen molar-refractivity contribution in [2.24, 2.45) is 0 Å². The van der Waals surface area contributed by atoms with Crippen molar-refractivity contribution in [3.8, 4) is 0 Å². The summed E-state index contributed by atoms with van der Waals surface area (Å²) in [5.74, 6) is -3.83. The van der Waals surface area contributed by atoms with E-state index in [9.17, 15) is 13.2 Å². The zero-order valence-corrected chi connectivity index (χ0v) is 10.3. The van der Waals surface area contributed by atoms with E-state index in [0.29, 0.717) is 5.56 Å². The first-order valence-electron chi connectivity index (χ1n) is 5.94. The summed E-state index contributed by atoms with van der Waals surface area (Å²) in [5, 5.41) is 10.7. The SMILES string of the molecule is Fc1cc(CNc2ccc3[nH]ncc3c2)cc(F)c1F. The second kappa shape index (κ2) is 4.88. The smallest absolute Gasteiger partial charge is 0.194 e. The lowest BCUT2D eigenvalue weighted by atomic mass is 10.2. The van der Waals surface area contributed by atoms with Crippen molar-refractivity contribution in [2.75, 3.05) is 5.32 Å². The normalized spacial score (nSPS) is 10.9. The fourth-order valence-corrected chi connectivity index (χ4v) is 1.97. The molecule has 0 atom stereocenters. The Kier molecular flexibility index (Phi) is 3.06. The van der Waals surface area contributed by atoms with Gasteiger partial charge in [-0.3, -0.25) is 5.10 Å². The van der Waals surface area contributed by atoms with Crippen molar-refractivity contribution in [3.05, 3.63) is 59.5 Å². The largest absolute Gasteiger partial charge is 0.381 e. The number of anilines is 1. The minimum Gasteiger partial charge on any atom is -0.381 e. The van der Waals surface area contributed by atoms with Crippen molar-refractivity contribution in [1.82, 2.24) is 10.2 Å². The van der Waals surface area contributed by atoms with E-state index < -0.39 is 17.5 Å². The molecule has 0 saturated carbocycles. The molecule has 2 aromatic carbocycles. The molecule has 0 bridgehead atoms. The highest BCUT2D eigenvalue weighted by Crippen LogP contribution is 2.18. The molecule has 20 heavy (non-hydrogen) atoms. The molecule has 102 valence electrons. The van der Waals surface area contributed by atoms with E-state index >= 15 is 0 Å². The Balaban J connectivity index is 1.78. The molecular weight excluding hydrogens is 267 g/mol. The van der Waals surface area contributed by atoms with Gasteiger partial charge >= 0.3 is 0 Å². The van der Waals surface area contributed by atoms with E-state index in [1.165, 1.54) is 0 Å². The molecule has 1 aromatic heterocycles. The number of hydrogen-bond donors (Lipinski definition) is 2. The molecular formula is C14H10F3N3. The molecule has 3 aromatic rings. The van der Waals surface area contributed by atoms with Crippen molar-refractivity contribution in [2.45, 2.75) is 6.54 Å². The van der Waals surface area contributed by atoms with Gasteiger partial charge in [0.1, 0.15) is 0 Å². The topological polar surface area (TPSA) is 40.7 Å². The Morgan fingerprint density at radius 3 is 2.55 bits per heavy atom. The standard InChI is InChI=1S/C14H10F3N3/c15-11-3-8(4-12(16)14(11)17)6-18-10-1-2-13-9(5-10)7-19-20-13/h1-5,7,18H,6H2,(H,19,20). The molecule has 0 saturated heterocycles. The van der Waals surface area contributed by atoms with Gasteiger partial charge in [-0.2, -0.15) is 5.10 Å². The minimum absolute atomic E-state index is 0.192. The Morgan fingerprint density at radius 1 is 1.05 bits per heavy atom. The minimum atomic E-state index is -1.45. The van der Waals surface area contributed by atoms with Crippen LogP contribution in [0.1, 0.15) is 5.56 Å². The highest BCUT2D eigenvalue weighted by atomic mass is 19.2. The maximum absolute atomic E-state index is 13.1. The summed E-state index contributed by atoms with van der Waals surface area (Å²) in [6.07, 6.45) is 1.68. The van der Waals surface area contributed by atoms with E-state index in [2.05, 4.69) is 15.5 Å². The first-order valence-corrected chi connectivity index (χ1v) is 5.94. The molecule has 6 heteroatoms. The van der Waals surface area contributed by atoms with Gasteiger partial charge in [0.15, 0.2) is 17.5 Å². The number of rotatable bonds is 3. The van der Waals surface area contributed by atoms with Gasteiger partial charge in [0.2, 0.25) is 0 Å². The molecule has 0 amide bonds. The van der Waals surface area contributed by atoms with Gasteiger partial charge in [-0.1, -0.05) is 0 Å². The number of halogens is 3. The van der Waals surface area contributed by atoms with Crippen LogP contribution < -0.4 is 5.32 Å². The predicted octanol–water partition coefficient (Wildman–Crippen LogP) is 3.59. The number of fused-ring (bicyclic) bond motifs is 1. The van der Waals surface area contributed by atoms with Crippen LogP contribution in [0.2, 0.25) is 0 Å². The van der Waals surface area contributed by atoms with Crippen LogP contribution in [0.25, 0.3) is 10.9 Å². The molecule has 0 fully saturated rings. The molecule has 1 heterocycles. The molecule has 0 spiro atoms. The molecule has 0 unspecified atom stereocenters. The summed E-state index contributed by atoms with van der Waals surface area (Å²) >= 11 is 0. The maximum Gasteiger partial charge on any atom is 0.194 e. The van der Waals surface area contributed by atoms with Crippen LogP contribution in [0, 0.1) is 17.5 Å². The fourth-order valence-electron chi connectivity index (χ4n) is 1.97. The van der Waals surface area contributed by atoms with Crippen molar-refractivity contribution in [3.63, 3.8) is 0 Å². The number of benzene rings is 2. The fraction of sp³-hybridized carbons (Fsp3) is 0.0714. The van der Waals surface area contributed by atoms with E-state index in [1.54, 1.807) is 6.20 Å². The second-order valence-electron chi connectivity index (χ2n) is 4.40. The summed E-state index contributed by atoms with van der Waals surface area (Å²) in [5.41, 5.74) is 2.01. The van der Waals surface area contributed by atoms with Crippen LogP contribution in [0.15, 0.2) is 36.5 Å². The van der Waals surface area contributed by atoms with Crippen LogP contribution >= 0.6 is 0 Å². The molecule has 3 nitrogen and oxygen atoms in total. The lowest BCUT2D eigenvalue weighted by molar-refractivity contribution is 0.445. The number of hydrogen-bond acceptors (Lipinski definition) is 2. The zero-order valence-electron chi connectivity index (χ0n) is 10.3. The molecule has 0 aliphatic rings. The summed E-state index contributed by atoms with van der Waals surface area (Å²) in [6.45, 7) is 0.192. The zero-order chi connectivity index (χ0) is 14.1. The third-order valence-corrected chi connectivity index (χ3v) is 2.98. The number of H-pyrrole nitrogens is 1. The van der Waals surface area contributed by atoms with Crippen molar-refractivity contribution >= 4 is 16.6 Å². The summed E-state index contributed by atoms with van der Waals surface area (Å²) in [6, 6.07) is 7.46. The lowest BCUT2D eigenvalue weighted by Crippen LogP contribution is -2.02. The second-order valence-corrected chi connectivity index (χ2v) is 4.40. The predicted molar refractivity (Wildman–Crippen MR) is 69.7 cm³/mol. The Labute approximate surface area is 112 Å². The van der Waals surface area contributed by atoms with Gasteiger partial charge < -0.3 is 5.32 Å².